The summed E-state index contributed by atoms with van der Waals surface area (Å²) in [6.45, 7) is 1.02. The van der Waals surface area contributed by atoms with Crippen molar-refractivity contribution in [3.05, 3.63) is 72.6 Å². The number of rotatable bonds is 6. The number of nitro benzene ring substituents is 2. The molecule has 0 bridgehead atoms. The van der Waals surface area contributed by atoms with Crippen molar-refractivity contribution in [2.45, 2.75) is 13.5 Å². The van der Waals surface area contributed by atoms with Crippen LogP contribution in [0.15, 0.2) is 35.3 Å². The van der Waals surface area contributed by atoms with E-state index in [1.54, 1.807) is 6.92 Å². The SMILES string of the molecule is CCOC(=O)Cn1c(=NC(=O)c2cc([N+](=O)[O-])cc([N+](=O)[O-])c2)sc2cc(F)cc(F)c21. The number of aromatic nitrogens is 1. The van der Waals surface area contributed by atoms with Crippen LogP contribution in [-0.4, -0.2) is 32.9 Å². The zero-order valence-corrected chi connectivity index (χ0v) is 16.9. The Labute approximate surface area is 180 Å². The van der Waals surface area contributed by atoms with Gasteiger partial charge in [-0.3, -0.25) is 29.8 Å². The highest BCUT2D eigenvalue weighted by Crippen LogP contribution is 2.24. The van der Waals surface area contributed by atoms with Gasteiger partial charge in [-0.05, 0) is 13.0 Å². The first kappa shape index (κ1) is 22.6. The van der Waals surface area contributed by atoms with Crippen LogP contribution >= 0.6 is 11.3 Å². The van der Waals surface area contributed by atoms with E-state index in [0.717, 1.165) is 22.8 Å². The molecule has 0 N–H and O–H groups in total. The van der Waals surface area contributed by atoms with Crippen molar-refractivity contribution in [1.82, 2.24) is 4.57 Å². The van der Waals surface area contributed by atoms with Crippen LogP contribution in [-0.2, 0) is 16.1 Å². The van der Waals surface area contributed by atoms with Crippen LogP contribution < -0.4 is 4.80 Å². The number of non-ortho nitro benzene ring substituents is 2. The summed E-state index contributed by atoms with van der Waals surface area (Å²) >= 11 is 0.676. The second-order valence-electron chi connectivity index (χ2n) is 6.18. The van der Waals surface area contributed by atoms with E-state index >= 15 is 0 Å². The molecule has 166 valence electrons. The molecule has 1 aromatic heterocycles. The van der Waals surface area contributed by atoms with Gasteiger partial charge in [0.05, 0.1) is 38.3 Å². The molecule has 0 unspecified atom stereocenters. The minimum atomic E-state index is -1.12. The number of nitro groups is 2. The van der Waals surface area contributed by atoms with Gasteiger partial charge < -0.3 is 9.30 Å². The minimum absolute atomic E-state index is 0.0291. The number of thiazole rings is 1. The third-order valence-electron chi connectivity index (χ3n) is 4.06. The van der Waals surface area contributed by atoms with Crippen LogP contribution in [0.3, 0.4) is 0 Å². The zero-order chi connectivity index (χ0) is 23.6. The van der Waals surface area contributed by atoms with Crippen LogP contribution in [0, 0.1) is 31.9 Å². The standard InChI is InChI=1S/C18H12F2N4O7S/c1-2-31-15(25)8-22-16-13(20)5-10(19)6-14(16)32-18(22)21-17(26)9-3-11(23(27)28)7-12(4-9)24(29)30/h3-7H,2,8H2,1H3. The van der Waals surface area contributed by atoms with Crippen molar-refractivity contribution < 1.29 is 33.0 Å². The minimum Gasteiger partial charge on any atom is -0.465 e. The molecule has 0 aliphatic rings. The molecular weight excluding hydrogens is 454 g/mol. The smallest absolute Gasteiger partial charge is 0.326 e. The molecule has 0 saturated heterocycles. The first-order chi connectivity index (χ1) is 15.1. The maximum atomic E-state index is 14.4. The molecular formula is C18H12F2N4O7S. The summed E-state index contributed by atoms with van der Waals surface area (Å²) in [6.07, 6.45) is 0. The monoisotopic (exact) mass is 466 g/mol. The fourth-order valence-electron chi connectivity index (χ4n) is 2.78. The van der Waals surface area contributed by atoms with Gasteiger partial charge in [0.25, 0.3) is 17.3 Å². The number of carbonyl (C=O) groups is 2. The quantitative estimate of drug-likeness (QED) is 0.308. The second kappa shape index (κ2) is 8.97. The molecule has 11 nitrogen and oxygen atoms in total. The molecule has 3 rings (SSSR count). The normalized spacial score (nSPS) is 11.5. The van der Waals surface area contributed by atoms with Crippen molar-refractivity contribution in [3.8, 4) is 0 Å². The van der Waals surface area contributed by atoms with E-state index in [2.05, 4.69) is 4.99 Å². The van der Waals surface area contributed by atoms with Crippen LogP contribution in [0.1, 0.15) is 17.3 Å². The zero-order valence-electron chi connectivity index (χ0n) is 16.1. The summed E-state index contributed by atoms with van der Waals surface area (Å²) in [5.74, 6) is -3.81. The number of amides is 1. The maximum absolute atomic E-state index is 14.4. The number of halogens is 2. The summed E-state index contributed by atoms with van der Waals surface area (Å²) < 4.78 is 33.9. The van der Waals surface area contributed by atoms with E-state index in [0.29, 0.717) is 23.5 Å². The van der Waals surface area contributed by atoms with Crippen molar-refractivity contribution in [2.75, 3.05) is 6.61 Å². The first-order valence-corrected chi connectivity index (χ1v) is 9.59. The molecule has 1 amide bonds. The third-order valence-corrected chi connectivity index (χ3v) is 5.08. The molecule has 0 aliphatic heterocycles. The Morgan fingerprint density at radius 2 is 1.72 bits per heavy atom. The molecule has 0 atom stereocenters. The Bertz CT molecular complexity index is 1320. The Hall–Kier alpha value is -4.07. The molecule has 0 radical (unpaired) electrons. The Balaban J connectivity index is 2.20. The topological polar surface area (TPSA) is 147 Å². The van der Waals surface area contributed by atoms with Crippen molar-refractivity contribution in [2.24, 2.45) is 4.99 Å². The number of nitrogens with zero attached hydrogens (tertiary/aromatic N) is 4. The van der Waals surface area contributed by atoms with E-state index in [1.807, 2.05) is 0 Å². The Morgan fingerprint density at radius 3 is 2.28 bits per heavy atom. The molecule has 0 saturated carbocycles. The lowest BCUT2D eigenvalue weighted by molar-refractivity contribution is -0.394. The Morgan fingerprint density at radius 1 is 1.09 bits per heavy atom. The van der Waals surface area contributed by atoms with Gasteiger partial charge in [-0.25, -0.2) is 8.78 Å². The highest BCUT2D eigenvalue weighted by Gasteiger charge is 2.21. The van der Waals surface area contributed by atoms with Gasteiger partial charge in [-0.2, -0.15) is 4.99 Å². The lowest BCUT2D eigenvalue weighted by atomic mass is 10.1. The second-order valence-corrected chi connectivity index (χ2v) is 7.19. The highest BCUT2D eigenvalue weighted by atomic mass is 32.1. The van der Waals surface area contributed by atoms with Gasteiger partial charge in [0.1, 0.15) is 12.4 Å². The molecule has 0 aliphatic carbocycles. The lowest BCUT2D eigenvalue weighted by Crippen LogP contribution is -2.23. The van der Waals surface area contributed by atoms with Crippen molar-refractivity contribution in [3.63, 3.8) is 0 Å². The lowest BCUT2D eigenvalue weighted by Gasteiger charge is -2.06. The molecule has 3 aromatic rings. The van der Waals surface area contributed by atoms with E-state index < -0.39 is 56.8 Å². The van der Waals surface area contributed by atoms with Gasteiger partial charge in [0, 0.05) is 18.2 Å². The predicted octanol–water partition coefficient (Wildman–Crippen LogP) is 3.10. The van der Waals surface area contributed by atoms with Gasteiger partial charge in [-0.15, -0.1) is 0 Å². The predicted molar refractivity (Wildman–Crippen MR) is 106 cm³/mol. The average Bonchev–Trinajstić information content (AvgIpc) is 3.04. The fraction of sp³-hybridized carbons (Fsp3) is 0.167. The maximum Gasteiger partial charge on any atom is 0.326 e. The van der Waals surface area contributed by atoms with Gasteiger partial charge in [0.2, 0.25) is 0 Å². The van der Waals surface area contributed by atoms with Gasteiger partial charge >= 0.3 is 5.97 Å². The number of fused-ring (bicyclic) bond motifs is 1. The van der Waals surface area contributed by atoms with E-state index in [-0.39, 0.29) is 21.6 Å². The number of esters is 1. The average molecular weight is 466 g/mol. The van der Waals surface area contributed by atoms with Crippen LogP contribution in [0.4, 0.5) is 20.2 Å². The Kier molecular flexibility index (Phi) is 6.34. The molecule has 1 heterocycles. The van der Waals surface area contributed by atoms with E-state index in [9.17, 15) is 38.6 Å². The number of hydrogen-bond donors (Lipinski definition) is 0. The highest BCUT2D eigenvalue weighted by molar-refractivity contribution is 7.16. The van der Waals surface area contributed by atoms with Crippen LogP contribution in [0.2, 0.25) is 0 Å². The van der Waals surface area contributed by atoms with E-state index in [1.165, 1.54) is 0 Å². The summed E-state index contributed by atoms with van der Waals surface area (Å²) in [5.41, 5.74) is -2.10. The number of ether oxygens (including phenoxy) is 1. The van der Waals surface area contributed by atoms with E-state index in [4.69, 9.17) is 4.74 Å². The molecule has 32 heavy (non-hydrogen) atoms. The number of carbonyl (C=O) groups excluding carboxylic acids is 2. The van der Waals surface area contributed by atoms with Crippen molar-refractivity contribution in [1.29, 1.82) is 0 Å². The van der Waals surface area contributed by atoms with Crippen LogP contribution in [0.5, 0.6) is 0 Å². The molecule has 0 fully saturated rings. The number of benzene rings is 2. The molecule has 0 spiro atoms. The van der Waals surface area contributed by atoms with Crippen molar-refractivity contribution >= 4 is 44.8 Å². The molecule has 14 heteroatoms. The molecule has 2 aromatic carbocycles. The fourth-order valence-corrected chi connectivity index (χ4v) is 3.84. The summed E-state index contributed by atoms with van der Waals surface area (Å²) in [4.78, 5) is 48.4. The largest absolute Gasteiger partial charge is 0.465 e. The van der Waals surface area contributed by atoms with Gasteiger partial charge in [0.15, 0.2) is 10.6 Å². The number of hydrogen-bond acceptors (Lipinski definition) is 8. The first-order valence-electron chi connectivity index (χ1n) is 8.77. The van der Waals surface area contributed by atoms with Crippen LogP contribution in [0.25, 0.3) is 10.2 Å². The van der Waals surface area contributed by atoms with Gasteiger partial charge in [-0.1, -0.05) is 11.3 Å². The summed E-state index contributed by atoms with van der Waals surface area (Å²) in [6, 6.07) is 3.83. The third kappa shape index (κ3) is 4.64. The summed E-state index contributed by atoms with van der Waals surface area (Å²) in [7, 11) is 0. The summed E-state index contributed by atoms with van der Waals surface area (Å²) in [5, 5.41) is 22.1.